The minimum Gasteiger partial charge on any atom is -0.358 e. The lowest BCUT2D eigenvalue weighted by molar-refractivity contribution is -0.121. The van der Waals surface area contributed by atoms with Gasteiger partial charge in [0.25, 0.3) is 0 Å². The summed E-state index contributed by atoms with van der Waals surface area (Å²) in [6.07, 6.45) is 4.69. The van der Waals surface area contributed by atoms with Crippen molar-refractivity contribution >= 4 is 15.7 Å². The molecular formula is C11H17N3O3S. The van der Waals surface area contributed by atoms with Crippen LogP contribution in [0.5, 0.6) is 0 Å². The number of aromatic nitrogens is 2. The minimum absolute atomic E-state index is 0.0895. The summed E-state index contributed by atoms with van der Waals surface area (Å²) in [6.45, 7) is 0.227. The lowest BCUT2D eigenvalue weighted by Crippen LogP contribution is -2.24. The maximum atomic E-state index is 11.4. The number of hydrogen-bond acceptors (Lipinski definition) is 4. The number of hydrogen-bond donors (Lipinski definition) is 1. The van der Waals surface area contributed by atoms with E-state index in [0.29, 0.717) is 12.8 Å². The van der Waals surface area contributed by atoms with Gasteiger partial charge in [-0.25, -0.2) is 13.4 Å². The molecule has 1 saturated heterocycles. The summed E-state index contributed by atoms with van der Waals surface area (Å²) in [5, 5.41) is 2.55. The zero-order chi connectivity index (χ0) is 13.2. The molecule has 1 aromatic rings. The molecule has 100 valence electrons. The van der Waals surface area contributed by atoms with Gasteiger partial charge in [0, 0.05) is 25.9 Å². The van der Waals surface area contributed by atoms with E-state index in [1.54, 1.807) is 24.0 Å². The Morgan fingerprint density at radius 3 is 3.00 bits per heavy atom. The maximum absolute atomic E-state index is 11.4. The number of nitrogens with zero attached hydrogens (tertiary/aromatic N) is 2. The number of carbonyl (C=O) groups is 1. The molecule has 7 heteroatoms. The Morgan fingerprint density at radius 2 is 2.39 bits per heavy atom. The molecule has 0 saturated carbocycles. The summed E-state index contributed by atoms with van der Waals surface area (Å²) in [7, 11) is -1.27. The molecule has 18 heavy (non-hydrogen) atoms. The second-order valence-electron chi connectivity index (χ2n) is 4.62. The SMILES string of the molecule is CNC(=O)Cn1ccnc1CC1CCS(=O)(=O)C1. The quantitative estimate of drug-likeness (QED) is 0.808. The first-order valence-electron chi connectivity index (χ1n) is 5.91. The monoisotopic (exact) mass is 271 g/mol. The van der Waals surface area contributed by atoms with Crippen LogP contribution >= 0.6 is 0 Å². The van der Waals surface area contributed by atoms with Gasteiger partial charge in [-0.05, 0) is 12.3 Å². The summed E-state index contributed by atoms with van der Waals surface area (Å²) >= 11 is 0. The van der Waals surface area contributed by atoms with Crippen molar-refractivity contribution in [2.75, 3.05) is 18.6 Å². The maximum Gasteiger partial charge on any atom is 0.239 e. The fourth-order valence-corrected chi connectivity index (χ4v) is 4.06. The van der Waals surface area contributed by atoms with Crippen LogP contribution in [0.3, 0.4) is 0 Å². The van der Waals surface area contributed by atoms with E-state index in [-0.39, 0.29) is 29.9 Å². The number of imidazole rings is 1. The average molecular weight is 271 g/mol. The first-order valence-corrected chi connectivity index (χ1v) is 7.73. The molecule has 6 nitrogen and oxygen atoms in total. The summed E-state index contributed by atoms with van der Waals surface area (Å²) in [4.78, 5) is 15.5. The Labute approximate surface area is 106 Å². The molecule has 0 aromatic carbocycles. The Morgan fingerprint density at radius 1 is 1.61 bits per heavy atom. The number of amides is 1. The van der Waals surface area contributed by atoms with Gasteiger partial charge in [-0.1, -0.05) is 0 Å². The van der Waals surface area contributed by atoms with Crippen molar-refractivity contribution in [1.29, 1.82) is 0 Å². The predicted molar refractivity (Wildman–Crippen MR) is 66.8 cm³/mol. The van der Waals surface area contributed by atoms with Crippen LogP contribution in [-0.2, 0) is 27.6 Å². The van der Waals surface area contributed by atoms with Crippen molar-refractivity contribution in [3.8, 4) is 0 Å². The molecule has 1 atom stereocenters. The van der Waals surface area contributed by atoms with Crippen LogP contribution in [0.1, 0.15) is 12.2 Å². The van der Waals surface area contributed by atoms with Crippen LogP contribution < -0.4 is 5.32 Å². The standard InChI is InChI=1S/C11H17N3O3S/c1-12-11(15)7-14-4-3-13-10(14)6-9-2-5-18(16,17)8-9/h3-4,9H,2,5-8H2,1H3,(H,12,15). The Balaban J connectivity index is 2.02. The number of likely N-dealkylation sites (N-methyl/N-ethyl adjacent to an activating group) is 1. The first-order chi connectivity index (χ1) is 8.50. The van der Waals surface area contributed by atoms with Gasteiger partial charge in [-0.3, -0.25) is 4.79 Å². The molecule has 1 fully saturated rings. The highest BCUT2D eigenvalue weighted by atomic mass is 32.2. The second-order valence-corrected chi connectivity index (χ2v) is 6.85. The van der Waals surface area contributed by atoms with E-state index in [9.17, 15) is 13.2 Å². The molecule has 1 unspecified atom stereocenters. The predicted octanol–water partition coefficient (Wildman–Crippen LogP) is -0.394. The summed E-state index contributed by atoms with van der Waals surface area (Å²) < 4.78 is 24.5. The Hall–Kier alpha value is -1.37. The van der Waals surface area contributed by atoms with Gasteiger partial charge in [0.1, 0.15) is 12.4 Å². The van der Waals surface area contributed by atoms with E-state index in [4.69, 9.17) is 0 Å². The third kappa shape index (κ3) is 3.10. The molecule has 1 N–H and O–H groups in total. The molecule has 0 aliphatic carbocycles. The van der Waals surface area contributed by atoms with E-state index in [0.717, 1.165) is 5.82 Å². The average Bonchev–Trinajstić information content (AvgIpc) is 2.86. The molecule has 0 bridgehead atoms. The molecule has 2 heterocycles. The van der Waals surface area contributed by atoms with Crippen LogP contribution in [0.25, 0.3) is 0 Å². The van der Waals surface area contributed by atoms with Crippen LogP contribution in [-0.4, -0.2) is 42.4 Å². The molecule has 1 amide bonds. The van der Waals surface area contributed by atoms with Gasteiger partial charge < -0.3 is 9.88 Å². The van der Waals surface area contributed by atoms with E-state index in [1.807, 2.05) is 0 Å². The van der Waals surface area contributed by atoms with Crippen molar-refractivity contribution < 1.29 is 13.2 Å². The van der Waals surface area contributed by atoms with Crippen LogP contribution in [0, 0.1) is 5.92 Å². The van der Waals surface area contributed by atoms with Gasteiger partial charge in [0.2, 0.25) is 5.91 Å². The molecule has 1 aliphatic heterocycles. The first kappa shape index (κ1) is 13.1. The fraction of sp³-hybridized carbons (Fsp3) is 0.636. The molecule has 1 aliphatic rings. The molecule has 2 rings (SSSR count). The number of rotatable bonds is 4. The van der Waals surface area contributed by atoms with Crippen LogP contribution in [0.15, 0.2) is 12.4 Å². The van der Waals surface area contributed by atoms with Gasteiger partial charge in [-0.2, -0.15) is 0 Å². The van der Waals surface area contributed by atoms with Crippen LogP contribution in [0.4, 0.5) is 0 Å². The fourth-order valence-electron chi connectivity index (χ4n) is 2.20. The highest BCUT2D eigenvalue weighted by Crippen LogP contribution is 2.21. The summed E-state index contributed by atoms with van der Waals surface area (Å²) in [5.41, 5.74) is 0. The lowest BCUT2D eigenvalue weighted by atomic mass is 10.1. The van der Waals surface area contributed by atoms with Crippen molar-refractivity contribution in [2.45, 2.75) is 19.4 Å². The van der Waals surface area contributed by atoms with E-state index < -0.39 is 9.84 Å². The zero-order valence-electron chi connectivity index (χ0n) is 10.3. The highest BCUT2D eigenvalue weighted by molar-refractivity contribution is 7.91. The van der Waals surface area contributed by atoms with Crippen molar-refractivity contribution in [3.05, 3.63) is 18.2 Å². The number of carbonyl (C=O) groups excluding carboxylic acids is 1. The minimum atomic E-state index is -2.86. The summed E-state index contributed by atoms with van der Waals surface area (Å²) in [5.74, 6) is 1.32. The van der Waals surface area contributed by atoms with E-state index >= 15 is 0 Å². The zero-order valence-corrected chi connectivity index (χ0v) is 11.1. The summed E-state index contributed by atoms with van der Waals surface area (Å²) in [6, 6.07) is 0. The normalized spacial score (nSPS) is 21.9. The Kier molecular flexibility index (Phi) is 3.70. The molecule has 0 radical (unpaired) electrons. The van der Waals surface area contributed by atoms with Crippen molar-refractivity contribution in [1.82, 2.24) is 14.9 Å². The number of sulfone groups is 1. The third-order valence-corrected chi connectivity index (χ3v) is 5.03. The van der Waals surface area contributed by atoms with Crippen molar-refractivity contribution in [3.63, 3.8) is 0 Å². The highest BCUT2D eigenvalue weighted by Gasteiger charge is 2.28. The lowest BCUT2D eigenvalue weighted by Gasteiger charge is -2.10. The molecule has 0 spiro atoms. The van der Waals surface area contributed by atoms with E-state index in [1.165, 1.54) is 0 Å². The van der Waals surface area contributed by atoms with Crippen LogP contribution in [0.2, 0.25) is 0 Å². The second kappa shape index (κ2) is 5.09. The Bertz CT molecular complexity index is 535. The number of nitrogens with one attached hydrogen (secondary N) is 1. The topological polar surface area (TPSA) is 81.1 Å². The smallest absolute Gasteiger partial charge is 0.239 e. The third-order valence-electron chi connectivity index (χ3n) is 3.19. The van der Waals surface area contributed by atoms with Crippen molar-refractivity contribution in [2.24, 2.45) is 5.92 Å². The molecule has 1 aromatic heterocycles. The largest absolute Gasteiger partial charge is 0.358 e. The van der Waals surface area contributed by atoms with Gasteiger partial charge in [-0.15, -0.1) is 0 Å². The van der Waals surface area contributed by atoms with E-state index in [2.05, 4.69) is 10.3 Å². The molecular weight excluding hydrogens is 254 g/mol. The van der Waals surface area contributed by atoms with Gasteiger partial charge >= 0.3 is 0 Å². The van der Waals surface area contributed by atoms with Gasteiger partial charge in [0.15, 0.2) is 9.84 Å². The van der Waals surface area contributed by atoms with Gasteiger partial charge in [0.05, 0.1) is 11.5 Å².